The third-order valence-electron chi connectivity index (χ3n) is 4.00. The molecule has 0 bridgehead atoms. The van der Waals surface area contributed by atoms with E-state index in [0.717, 1.165) is 0 Å². The fourth-order valence-corrected chi connectivity index (χ4v) is 4.65. The third-order valence-corrected chi connectivity index (χ3v) is 5.76. The summed E-state index contributed by atoms with van der Waals surface area (Å²) < 4.78 is 7.04. The second kappa shape index (κ2) is 7.04. The molecular weight excluding hydrogens is 310 g/mol. The lowest BCUT2D eigenvalue weighted by Gasteiger charge is -2.34. The monoisotopic (exact) mass is 331 g/mol. The average Bonchev–Trinajstić information content (AvgIpc) is 2.83. The van der Waals surface area contributed by atoms with Crippen molar-refractivity contribution < 1.29 is 4.74 Å². The van der Waals surface area contributed by atoms with Crippen LogP contribution in [0.1, 0.15) is 43.7 Å². The van der Waals surface area contributed by atoms with Gasteiger partial charge in [0.15, 0.2) is 0 Å². The highest BCUT2D eigenvalue weighted by Gasteiger charge is 2.31. The first-order valence-electron chi connectivity index (χ1n) is 6.69. The van der Waals surface area contributed by atoms with Gasteiger partial charge in [-0.15, -0.1) is 0 Å². The van der Waals surface area contributed by atoms with Gasteiger partial charge in [0.2, 0.25) is 0 Å². The first-order chi connectivity index (χ1) is 8.77. The molecule has 18 heavy (non-hydrogen) atoms. The minimum Gasteiger partial charge on any atom is -0.379 e. The molecule has 4 heteroatoms. The highest BCUT2D eigenvalue weighted by atomic mass is 79.9. The van der Waals surface area contributed by atoms with Gasteiger partial charge >= 0.3 is 0 Å². The van der Waals surface area contributed by atoms with E-state index in [1.807, 2.05) is 14.2 Å². The van der Waals surface area contributed by atoms with E-state index in [9.17, 15) is 0 Å². The lowest BCUT2D eigenvalue weighted by atomic mass is 9.81. The molecule has 2 unspecified atom stereocenters. The Hall–Kier alpha value is 0.1000. The van der Waals surface area contributed by atoms with E-state index in [0.29, 0.717) is 12.0 Å². The van der Waals surface area contributed by atoms with Gasteiger partial charge in [0.05, 0.1) is 12.1 Å². The van der Waals surface area contributed by atoms with Crippen molar-refractivity contribution in [1.29, 1.82) is 0 Å². The molecule has 2 nitrogen and oxygen atoms in total. The Bertz CT molecular complexity index is 362. The van der Waals surface area contributed by atoms with E-state index >= 15 is 0 Å². The molecule has 102 valence electrons. The Morgan fingerprint density at radius 2 is 2.06 bits per heavy atom. The molecule has 1 aromatic rings. The van der Waals surface area contributed by atoms with Crippen LogP contribution in [0.5, 0.6) is 0 Å². The molecule has 0 aromatic carbocycles. The number of methoxy groups -OCH3 is 1. The normalized spacial score (nSPS) is 20.8. The number of hydrogen-bond acceptors (Lipinski definition) is 3. The van der Waals surface area contributed by atoms with Crippen LogP contribution in [0.3, 0.4) is 0 Å². The maximum absolute atomic E-state index is 5.84. The zero-order valence-electron chi connectivity index (χ0n) is 11.1. The molecule has 1 saturated carbocycles. The largest absolute Gasteiger partial charge is 0.379 e. The van der Waals surface area contributed by atoms with E-state index < -0.39 is 0 Å². The number of rotatable bonds is 5. The van der Waals surface area contributed by atoms with Gasteiger partial charge < -0.3 is 10.1 Å². The van der Waals surface area contributed by atoms with Crippen molar-refractivity contribution in [3.8, 4) is 0 Å². The van der Waals surface area contributed by atoms with Crippen molar-refractivity contribution in [2.75, 3.05) is 14.2 Å². The second-order valence-electron chi connectivity index (χ2n) is 5.04. The van der Waals surface area contributed by atoms with E-state index in [1.165, 1.54) is 42.1 Å². The molecule has 2 rings (SSSR count). The summed E-state index contributed by atoms with van der Waals surface area (Å²) in [6.45, 7) is 0. The minimum absolute atomic E-state index is 0.279. The first kappa shape index (κ1) is 14.5. The van der Waals surface area contributed by atoms with Gasteiger partial charge in [0, 0.05) is 17.0 Å². The highest BCUT2D eigenvalue weighted by Crippen LogP contribution is 2.37. The molecule has 2 atom stereocenters. The molecule has 1 aliphatic rings. The predicted molar refractivity (Wildman–Crippen MR) is 81.2 cm³/mol. The Labute approximate surface area is 122 Å². The molecule has 0 saturated heterocycles. The van der Waals surface area contributed by atoms with Crippen molar-refractivity contribution in [2.24, 2.45) is 5.92 Å². The number of halogens is 1. The first-order valence-corrected chi connectivity index (χ1v) is 8.43. The molecule has 1 fully saturated rings. The van der Waals surface area contributed by atoms with Crippen molar-refractivity contribution in [3.05, 3.63) is 20.8 Å². The maximum Gasteiger partial charge on any atom is 0.0794 e. The number of hydrogen-bond donors (Lipinski definition) is 1. The van der Waals surface area contributed by atoms with Gasteiger partial charge in [-0.25, -0.2) is 0 Å². The van der Waals surface area contributed by atoms with Crippen LogP contribution in [0.15, 0.2) is 15.2 Å². The summed E-state index contributed by atoms with van der Waals surface area (Å²) in [6.07, 6.45) is 6.98. The number of ether oxygens (including phenoxy) is 1. The lowest BCUT2D eigenvalue weighted by Crippen LogP contribution is -2.37. The molecule has 0 spiro atoms. The van der Waals surface area contributed by atoms with Crippen LogP contribution in [0.4, 0.5) is 0 Å². The third kappa shape index (κ3) is 3.16. The summed E-state index contributed by atoms with van der Waals surface area (Å²) in [7, 11) is 3.88. The van der Waals surface area contributed by atoms with Gasteiger partial charge in [-0.05, 0) is 52.7 Å². The molecule has 1 heterocycles. The average molecular weight is 332 g/mol. The molecular formula is C14H22BrNOS. The molecule has 0 radical (unpaired) electrons. The zero-order chi connectivity index (χ0) is 13.0. The fraction of sp³-hybridized carbons (Fsp3) is 0.714. The SMILES string of the molecule is CNC(c1cscc1Br)C(OC)C1CCCCC1. The summed E-state index contributed by atoms with van der Waals surface area (Å²) in [5.74, 6) is 0.688. The maximum atomic E-state index is 5.84. The van der Waals surface area contributed by atoms with E-state index in [-0.39, 0.29) is 6.10 Å². The van der Waals surface area contributed by atoms with E-state index in [1.54, 1.807) is 11.3 Å². The molecule has 0 aliphatic heterocycles. The smallest absolute Gasteiger partial charge is 0.0794 e. The van der Waals surface area contributed by atoms with Crippen LogP contribution in [-0.2, 0) is 4.74 Å². The van der Waals surface area contributed by atoms with Crippen molar-refractivity contribution in [2.45, 2.75) is 44.2 Å². The zero-order valence-corrected chi connectivity index (χ0v) is 13.5. The van der Waals surface area contributed by atoms with E-state index in [4.69, 9.17) is 4.74 Å². The Morgan fingerprint density at radius 1 is 1.33 bits per heavy atom. The molecule has 1 aromatic heterocycles. The van der Waals surface area contributed by atoms with Crippen LogP contribution < -0.4 is 5.32 Å². The van der Waals surface area contributed by atoms with Crippen LogP contribution in [-0.4, -0.2) is 20.3 Å². The van der Waals surface area contributed by atoms with Crippen LogP contribution >= 0.6 is 27.3 Å². The fourth-order valence-electron chi connectivity index (χ4n) is 3.07. The van der Waals surface area contributed by atoms with Crippen molar-refractivity contribution >= 4 is 27.3 Å². The molecule has 1 aliphatic carbocycles. The van der Waals surface area contributed by atoms with Crippen molar-refractivity contribution in [1.82, 2.24) is 5.32 Å². The van der Waals surface area contributed by atoms with Gasteiger partial charge in [0.1, 0.15) is 0 Å². The second-order valence-corrected chi connectivity index (χ2v) is 6.64. The number of nitrogens with one attached hydrogen (secondary N) is 1. The standard InChI is InChI=1S/C14H22BrNOS/c1-16-13(11-8-18-9-12(11)15)14(17-2)10-6-4-3-5-7-10/h8-10,13-14,16H,3-7H2,1-2H3. The van der Waals surface area contributed by atoms with Crippen LogP contribution in [0.25, 0.3) is 0 Å². The van der Waals surface area contributed by atoms with E-state index in [2.05, 4.69) is 32.0 Å². The Balaban J connectivity index is 2.15. The predicted octanol–water partition coefficient (Wildman–Crippen LogP) is 4.37. The summed E-state index contributed by atoms with van der Waals surface area (Å²) in [6, 6.07) is 0.290. The number of thiophene rings is 1. The van der Waals surface area contributed by atoms with Crippen LogP contribution in [0, 0.1) is 5.92 Å². The highest BCUT2D eigenvalue weighted by molar-refractivity contribution is 9.10. The summed E-state index contributed by atoms with van der Waals surface area (Å²) >= 11 is 5.39. The lowest BCUT2D eigenvalue weighted by molar-refractivity contribution is 0.00935. The molecule has 0 amide bonds. The summed E-state index contributed by atoms with van der Waals surface area (Å²) in [5.41, 5.74) is 1.33. The molecule has 1 N–H and O–H groups in total. The quantitative estimate of drug-likeness (QED) is 0.865. The van der Waals surface area contributed by atoms with Gasteiger partial charge in [-0.3, -0.25) is 0 Å². The van der Waals surface area contributed by atoms with Gasteiger partial charge in [-0.1, -0.05) is 19.3 Å². The van der Waals surface area contributed by atoms with Gasteiger partial charge in [0.25, 0.3) is 0 Å². The van der Waals surface area contributed by atoms with Crippen molar-refractivity contribution in [3.63, 3.8) is 0 Å². The summed E-state index contributed by atoms with van der Waals surface area (Å²) in [5, 5.41) is 7.81. The Morgan fingerprint density at radius 3 is 2.56 bits per heavy atom. The minimum atomic E-state index is 0.279. The van der Waals surface area contributed by atoms with Gasteiger partial charge in [-0.2, -0.15) is 11.3 Å². The van der Waals surface area contributed by atoms with Crippen LogP contribution in [0.2, 0.25) is 0 Å². The summed E-state index contributed by atoms with van der Waals surface area (Å²) in [4.78, 5) is 0. The topological polar surface area (TPSA) is 21.3 Å². The number of likely N-dealkylation sites (N-methyl/N-ethyl adjacent to an activating group) is 1. The Kier molecular flexibility index (Phi) is 5.67.